The molecule has 2 heterocycles. The second kappa shape index (κ2) is 16.7. The van der Waals surface area contributed by atoms with Gasteiger partial charge in [-0.15, -0.1) is 11.8 Å². The van der Waals surface area contributed by atoms with Gasteiger partial charge in [0.05, 0.1) is 32.3 Å². The number of carbonyl (C=O) groups is 1. The van der Waals surface area contributed by atoms with Crippen LogP contribution in [0, 0.1) is 18.6 Å². The van der Waals surface area contributed by atoms with Crippen molar-refractivity contribution in [3.63, 3.8) is 0 Å². The van der Waals surface area contributed by atoms with Gasteiger partial charge in [-0.25, -0.2) is 8.78 Å². The van der Waals surface area contributed by atoms with Crippen LogP contribution in [-0.4, -0.2) is 59.5 Å². The number of halogens is 5. The van der Waals surface area contributed by atoms with Gasteiger partial charge in [-0.3, -0.25) is 9.59 Å². The van der Waals surface area contributed by atoms with Crippen molar-refractivity contribution < 1.29 is 54.8 Å². The van der Waals surface area contributed by atoms with E-state index < -0.39 is 143 Å². The van der Waals surface area contributed by atoms with Crippen LogP contribution in [0.25, 0.3) is 22.0 Å². The van der Waals surface area contributed by atoms with E-state index >= 15 is 4.79 Å². The van der Waals surface area contributed by atoms with E-state index in [2.05, 4.69) is 4.74 Å². The summed E-state index contributed by atoms with van der Waals surface area (Å²) in [6.45, 7) is -17.8. The van der Waals surface area contributed by atoms with Crippen LogP contribution in [0.2, 0.25) is 0 Å². The zero-order valence-corrected chi connectivity index (χ0v) is 28.7. The third-order valence-electron chi connectivity index (χ3n) is 7.81. The van der Waals surface area contributed by atoms with Crippen LogP contribution >= 0.6 is 11.8 Å². The number of aromatic nitrogens is 1. The predicted octanol–water partition coefficient (Wildman–Crippen LogP) is 8.71. The summed E-state index contributed by atoms with van der Waals surface area (Å²) in [6.07, 6.45) is -13.4. The highest BCUT2D eigenvalue weighted by Gasteiger charge is 2.31. The molecule has 6 nitrogen and oxygen atoms in total. The standard InChI is InChI=1S/C41H40F5N3O3S/c1-27-6-15-36-34(22-27)37(50)23-39(53-26-31-4-3-5-35(42)40(31)43)49(36)25-38(51)48(33-16-18-47(19-17-33)20-21-52-2)24-28-7-9-29(10-8-28)30-11-13-32(14-12-30)41(44,45)46/h3-15,22-23,33H,16-21,24-26H2,1-2H3/i6D,15D,16D2,17D2,18D2,19D2,20D2,21D2,22D,23D,33D. The Bertz CT molecular complexity index is 2910. The van der Waals surface area contributed by atoms with Gasteiger partial charge < -0.3 is 19.1 Å². The minimum atomic E-state index is -4.67. The molecule has 1 aromatic heterocycles. The number of alkyl halides is 3. The molecule has 0 radical (unpaired) electrons. The Kier molecular flexibility index (Phi) is 6.91. The second-order valence-electron chi connectivity index (χ2n) is 11.4. The topological polar surface area (TPSA) is 54.8 Å². The van der Waals surface area contributed by atoms with Crippen molar-refractivity contribution in [3.05, 3.63) is 135 Å². The van der Waals surface area contributed by atoms with Gasteiger partial charge in [0.2, 0.25) is 5.91 Å². The van der Waals surface area contributed by atoms with Crippen LogP contribution in [0.4, 0.5) is 22.0 Å². The van der Waals surface area contributed by atoms with Gasteiger partial charge in [-0.2, -0.15) is 13.2 Å². The molecule has 0 aliphatic carbocycles. The van der Waals surface area contributed by atoms with Crippen LogP contribution in [0.3, 0.4) is 0 Å². The van der Waals surface area contributed by atoms with Gasteiger partial charge in [0.25, 0.3) is 0 Å². The van der Waals surface area contributed by atoms with E-state index in [1.165, 1.54) is 31.2 Å². The second-order valence-corrected chi connectivity index (χ2v) is 12.4. The molecule has 0 bridgehead atoms. The molecule has 0 spiro atoms. The van der Waals surface area contributed by atoms with Crippen LogP contribution < -0.4 is 5.43 Å². The fourth-order valence-electron chi connectivity index (χ4n) is 5.17. The van der Waals surface area contributed by atoms with E-state index in [-0.39, 0.29) is 32.7 Å². The van der Waals surface area contributed by atoms with Crippen LogP contribution in [0.1, 0.15) is 58.3 Å². The molecule has 1 aliphatic rings. The number of methoxy groups -OCH3 is 1. The first-order valence-corrected chi connectivity index (χ1v) is 16.6. The molecular weight excluding hydrogens is 710 g/mol. The van der Waals surface area contributed by atoms with Crippen molar-refractivity contribution in [2.24, 2.45) is 0 Å². The maximum Gasteiger partial charge on any atom is 0.416 e. The summed E-state index contributed by atoms with van der Waals surface area (Å²) in [7, 11) is 0.607. The maximum absolute atomic E-state index is 15.4. The number of rotatable bonds is 12. The number of thioether (sulfide) groups is 1. The molecule has 1 amide bonds. The Hall–Kier alpha value is -4.52. The fourth-order valence-corrected chi connectivity index (χ4v) is 6.16. The van der Waals surface area contributed by atoms with Crippen LogP contribution in [0.5, 0.6) is 0 Å². The zero-order valence-electron chi connectivity index (χ0n) is 44.8. The summed E-state index contributed by atoms with van der Waals surface area (Å²) in [5.41, 5.74) is -3.12. The molecule has 4 aromatic carbocycles. The van der Waals surface area contributed by atoms with E-state index in [1.54, 1.807) is 0 Å². The minimum absolute atomic E-state index is 0.0307. The molecule has 1 saturated heterocycles. The zero-order chi connectivity index (χ0) is 52.9. The fraction of sp³-hybridized carbons (Fsp3) is 0.317. The maximum atomic E-state index is 15.4. The first-order chi connectivity index (χ1) is 32.0. The van der Waals surface area contributed by atoms with E-state index in [9.17, 15) is 33.6 Å². The molecule has 0 atom stereocenters. The molecule has 5 aromatic rings. The number of amides is 1. The summed E-state index contributed by atoms with van der Waals surface area (Å²) < 4.78 is 226. The van der Waals surface area contributed by atoms with Crippen molar-refractivity contribution in [2.45, 2.75) is 55.7 Å². The van der Waals surface area contributed by atoms with Crippen molar-refractivity contribution in [3.8, 4) is 11.1 Å². The van der Waals surface area contributed by atoms with Gasteiger partial charge in [0.15, 0.2) is 17.1 Å². The molecule has 0 saturated carbocycles. The summed E-state index contributed by atoms with van der Waals surface area (Å²) in [5, 5.41) is -1.32. The number of hydrogen-bond acceptors (Lipinski definition) is 5. The lowest BCUT2D eigenvalue weighted by molar-refractivity contribution is -0.137. The molecular formula is C41H40F5N3O3S. The van der Waals surface area contributed by atoms with Gasteiger partial charge in [0, 0.05) is 75.6 Å². The van der Waals surface area contributed by atoms with Gasteiger partial charge in [0.1, 0.15) is 6.54 Å². The Balaban J connectivity index is 1.62. The number of fused-ring (bicyclic) bond motifs is 1. The van der Waals surface area contributed by atoms with Crippen molar-refractivity contribution in [1.82, 2.24) is 14.4 Å². The average molecular weight is 767 g/mol. The first kappa shape index (κ1) is 22.0. The molecule has 6 rings (SSSR count). The third kappa shape index (κ3) is 9.17. The van der Waals surface area contributed by atoms with E-state index in [0.717, 1.165) is 42.5 Å². The number of carbonyl (C=O) groups excluding carboxylic acids is 1. The van der Waals surface area contributed by atoms with E-state index in [0.29, 0.717) is 23.4 Å². The Morgan fingerprint density at radius 1 is 1.04 bits per heavy atom. The van der Waals surface area contributed by atoms with Crippen LogP contribution in [0.15, 0.2) is 101 Å². The largest absolute Gasteiger partial charge is 0.416 e. The number of likely N-dealkylation sites (tertiary alicyclic amines) is 1. The van der Waals surface area contributed by atoms with Crippen molar-refractivity contribution in [2.75, 3.05) is 33.2 Å². The van der Waals surface area contributed by atoms with Crippen molar-refractivity contribution >= 4 is 28.6 Å². The van der Waals surface area contributed by atoms with Crippen molar-refractivity contribution in [1.29, 1.82) is 0 Å². The lowest BCUT2D eigenvalue weighted by Gasteiger charge is -2.39. The quantitative estimate of drug-likeness (QED) is 0.0940. The third-order valence-corrected chi connectivity index (χ3v) is 8.86. The monoisotopic (exact) mass is 766 g/mol. The van der Waals surface area contributed by atoms with Crippen LogP contribution in [-0.2, 0) is 34.6 Å². The van der Waals surface area contributed by atoms with E-state index in [1.807, 2.05) is 0 Å². The summed E-state index contributed by atoms with van der Waals surface area (Å²) in [5.74, 6) is -4.90. The molecule has 0 unspecified atom stereocenters. The number of pyridine rings is 1. The summed E-state index contributed by atoms with van der Waals surface area (Å²) in [6, 6.07) is 4.51. The molecule has 278 valence electrons. The number of benzene rings is 4. The number of piperidine rings is 1. The smallest absolute Gasteiger partial charge is 0.383 e. The summed E-state index contributed by atoms with van der Waals surface area (Å²) >= 11 is 0.423. The SMILES string of the molecule is [2H]c1c(C)c([2H])c2c(=O)c([2H])c(SCc3cccc(F)c3F)n(CC(=O)N(Cc3ccc(-c4ccc(C(F)(F)F)cc4)cc3)C3([2H])C([2H])([2H])C([2H])([2H])N(C([2H])([2H])C([2H])([2H])OC)C([2H])([2H])C3([2H])[2H])c2c1[2H]. The summed E-state index contributed by atoms with van der Waals surface area (Å²) in [4.78, 5) is 28.5. The average Bonchev–Trinajstić information content (AvgIpc) is 3.27. The van der Waals surface area contributed by atoms with Gasteiger partial charge in [-0.1, -0.05) is 60.1 Å². The Morgan fingerprint density at radius 3 is 2.38 bits per heavy atom. The molecule has 53 heavy (non-hydrogen) atoms. The molecule has 12 heteroatoms. The highest BCUT2D eigenvalue weighted by Crippen LogP contribution is 2.32. The van der Waals surface area contributed by atoms with E-state index in [4.69, 9.17) is 16.4 Å². The van der Waals surface area contributed by atoms with Gasteiger partial charge >= 0.3 is 6.18 Å². The molecule has 1 fully saturated rings. The normalized spacial score (nSPS) is 23.8. The predicted molar refractivity (Wildman–Crippen MR) is 198 cm³/mol. The van der Waals surface area contributed by atoms with Gasteiger partial charge in [-0.05, 0) is 66.6 Å². The minimum Gasteiger partial charge on any atom is -0.383 e. The highest BCUT2D eigenvalue weighted by molar-refractivity contribution is 7.98. The Morgan fingerprint density at radius 2 is 1.72 bits per heavy atom. The number of nitrogens with zero attached hydrogens (tertiary/aromatic N) is 3. The number of ether oxygens (including phenoxy) is 1. The first-order valence-electron chi connectivity index (χ1n) is 24.1. The molecule has 0 N–H and O–H groups in total. The molecule has 1 aliphatic heterocycles. The lowest BCUT2D eigenvalue weighted by atomic mass is 10.00. The highest BCUT2D eigenvalue weighted by atomic mass is 32.2. The lowest BCUT2D eigenvalue weighted by Crippen LogP contribution is -2.48. The Labute approximate surface area is 333 Å². The number of hydrogen-bond donors (Lipinski definition) is 0.